The number of rotatable bonds is 15. The molecule has 4 aliphatic heterocycles. The van der Waals surface area contributed by atoms with E-state index in [-0.39, 0.29) is 50.4 Å². The number of nitrogens with zero attached hydrogens (tertiary/aromatic N) is 6. The van der Waals surface area contributed by atoms with Gasteiger partial charge in [-0.25, -0.2) is 51.2 Å². The third-order valence-corrected chi connectivity index (χ3v) is 28.4. The van der Waals surface area contributed by atoms with Crippen molar-refractivity contribution in [3.05, 3.63) is 83.6 Å². The number of amides is 5. The summed E-state index contributed by atoms with van der Waals surface area (Å²) in [5.41, 5.74) is 5.75. The van der Waals surface area contributed by atoms with Crippen LogP contribution in [0.4, 0.5) is 19.9 Å². The molecule has 29 nitrogen and oxygen atoms in total. The van der Waals surface area contributed by atoms with Crippen molar-refractivity contribution in [1.82, 2.24) is 44.5 Å². The minimum absolute atomic E-state index is 0.0148. The Kier molecular flexibility index (Phi) is 26.6. The number of allylic oxidation sites excluding steroid dienone is 2. The minimum atomic E-state index is -3.99. The van der Waals surface area contributed by atoms with E-state index < -0.39 is 118 Å². The monoisotopic (exact) mass is 1690 g/mol. The fourth-order valence-corrected chi connectivity index (χ4v) is 20.5. The van der Waals surface area contributed by atoms with E-state index in [2.05, 4.69) is 36.5 Å². The smallest absolute Gasteiger partial charge is 0.411 e. The molecule has 0 unspecified atom stereocenters. The molecule has 2 aromatic carbocycles. The molecule has 6 fully saturated rings. The summed E-state index contributed by atoms with van der Waals surface area (Å²) in [7, 11) is -4.43. The molecule has 8 N–H and O–H groups in total. The molecule has 636 valence electrons. The van der Waals surface area contributed by atoms with Gasteiger partial charge in [-0.1, -0.05) is 75.7 Å². The summed E-state index contributed by atoms with van der Waals surface area (Å²) in [6, 6.07) is 12.9. The topological polar surface area (TPSA) is 391 Å². The van der Waals surface area contributed by atoms with Crippen molar-refractivity contribution in [3.8, 4) is 45.8 Å². The number of aromatic nitrogens is 4. The van der Waals surface area contributed by atoms with Crippen LogP contribution in [0.15, 0.2) is 83.6 Å². The van der Waals surface area contributed by atoms with Gasteiger partial charge in [0.1, 0.15) is 81.0 Å². The zero-order chi connectivity index (χ0) is 84.2. The Morgan fingerprint density at radius 3 is 1.43 bits per heavy atom. The number of thiazole rings is 2. The Hall–Kier alpha value is -8.92. The average molecular weight is 1690 g/mol. The number of anilines is 2. The molecule has 0 bridgehead atoms. The number of likely N-dealkylation sites (tertiary alicyclic amines) is 2. The second-order valence-electron chi connectivity index (χ2n) is 34.9. The summed E-state index contributed by atoms with van der Waals surface area (Å²) < 4.78 is 90.6. The number of fused-ring (bicyclic) bond motifs is 4. The lowest BCUT2D eigenvalue weighted by atomic mass is 10.1. The number of hydrogen-bond donors (Lipinski definition) is 7. The van der Waals surface area contributed by atoms with E-state index in [0.717, 1.165) is 86.3 Å². The lowest BCUT2D eigenvalue weighted by Gasteiger charge is -2.29. The number of nitrogens with one attached hydrogen (secondary N) is 5. The third-order valence-electron chi connectivity index (χ3n) is 22.5. The molecule has 117 heavy (non-hydrogen) atoms. The molecule has 8 heterocycles. The fraction of sp³-hybridized carbons (Fsp3) is 0.595. The quantitative estimate of drug-likeness (QED) is 0.0470. The van der Waals surface area contributed by atoms with Gasteiger partial charge in [0.25, 0.3) is 11.8 Å². The maximum absolute atomic E-state index is 14.5. The number of nitrogens with two attached hydrogens (primary N) is 1. The van der Waals surface area contributed by atoms with Gasteiger partial charge in [-0.2, -0.15) is 0 Å². The molecule has 2 saturated heterocycles. The number of carboxylic acids is 1. The van der Waals surface area contributed by atoms with Crippen LogP contribution in [-0.2, 0) is 48.7 Å². The summed E-state index contributed by atoms with van der Waals surface area (Å²) in [4.78, 5) is 101. The van der Waals surface area contributed by atoms with Crippen molar-refractivity contribution in [3.63, 3.8) is 0 Å². The molecule has 5 amide bonds. The van der Waals surface area contributed by atoms with Gasteiger partial charge in [0, 0.05) is 82.6 Å². The van der Waals surface area contributed by atoms with Crippen LogP contribution >= 0.6 is 22.7 Å². The van der Waals surface area contributed by atoms with Gasteiger partial charge < -0.3 is 55.2 Å². The zero-order valence-corrected chi connectivity index (χ0v) is 72.3. The Bertz CT molecular complexity index is 4950. The van der Waals surface area contributed by atoms with Gasteiger partial charge in [0.2, 0.25) is 26.0 Å². The SMILES string of the molecule is COc1ccc2c(O[C@@H]3C[C@@H](C(=O)N[C@]45C[C@H]4/C=C/CCCCCCCC4(CC4)S(=O)(=O)NC5=O)N(C(=O)OC(C)(C)C)C3)cc(-c3csc(NC(C)C)n3)nc2c1.COc1ccc2c(O[C@@H]3C[C@@H](C(=O)O)N(C(=O)OC(C)(C)C)C3)cc(-c3csc(NC(C)C)n3)nc2c1.N[C@]12C[C@H]1/C=C/CCCCCCCC1(CC1)S(=O)(=O)NC2=O. The van der Waals surface area contributed by atoms with Crippen molar-refractivity contribution >= 4 is 111 Å². The van der Waals surface area contributed by atoms with Crippen LogP contribution in [0, 0.1) is 11.8 Å². The van der Waals surface area contributed by atoms with Crippen LogP contribution in [0.25, 0.3) is 44.6 Å². The lowest BCUT2D eigenvalue weighted by Crippen LogP contribution is -2.57. The molecule has 4 saturated carbocycles. The molecule has 33 heteroatoms. The van der Waals surface area contributed by atoms with E-state index in [0.29, 0.717) is 107 Å². The molecule has 8 aliphatic rings. The first-order valence-corrected chi connectivity index (χ1v) is 45.6. The van der Waals surface area contributed by atoms with E-state index in [1.807, 2.05) is 99.1 Å². The number of carbonyl (C=O) groups excluding carboxylic acids is 5. The number of sulfonamides is 2. The summed E-state index contributed by atoms with van der Waals surface area (Å²) >= 11 is 2.95. The van der Waals surface area contributed by atoms with Crippen molar-refractivity contribution in [2.75, 3.05) is 37.9 Å². The molecular weight excluding hydrogens is 1580 g/mol. The maximum Gasteiger partial charge on any atom is 0.411 e. The summed E-state index contributed by atoms with van der Waals surface area (Å²) in [5, 5.41) is 26.1. The lowest BCUT2D eigenvalue weighted by molar-refractivity contribution is -0.142. The van der Waals surface area contributed by atoms with E-state index in [9.17, 15) is 50.7 Å². The number of ether oxygens (including phenoxy) is 6. The minimum Gasteiger partial charge on any atom is -0.497 e. The van der Waals surface area contributed by atoms with Crippen LogP contribution < -0.4 is 50.1 Å². The average Bonchev–Trinajstić information content (AvgIpc) is 1.57. The Balaban J connectivity index is 0.000000181. The van der Waals surface area contributed by atoms with Gasteiger partial charge in [0.15, 0.2) is 10.3 Å². The Morgan fingerprint density at radius 1 is 0.564 bits per heavy atom. The predicted octanol–water partition coefficient (Wildman–Crippen LogP) is 14.1. The number of carbonyl (C=O) groups is 6. The molecular formula is C84H114N12O17S4. The van der Waals surface area contributed by atoms with E-state index in [4.69, 9.17) is 49.1 Å². The highest BCUT2D eigenvalue weighted by molar-refractivity contribution is 7.92. The standard InChI is InChI=1S/C42H56N6O8S2.C26H32N4O6S.C16H26N2O3S/c1-26(2)43-38-45-33(25-57-38)32-22-35(30-16-15-28(54-6)20-31(30)44-32)55-29-21-34(48(24-29)39(51)56-40(3,4)5)36(49)46-42-23-27(42)14-12-10-8-7-9-11-13-17-41(18-19-41)58(52,53)47-37(42)50;1-14(2)27-24-29-20(13-37-24)19-11-22(17-8-7-15(34-6)9-18(17)28-19)35-16-10-21(23(31)32)30(12-16)25(33)36-26(3,4)5;17-16-12-13(16)8-6-4-2-1-3-5-7-9-15(10-11-15)22(20,21)18-14(16)19/h12,14-16,20,22,25-27,29,34H,7-11,13,17-19,21,23-24H2,1-6H3,(H,43,45)(H,46,49)(H,47,50);7-9,11,13-14,16,21H,10,12H2,1-6H3,(H,27,29)(H,31,32);6,8,13H,1-5,7,9-12,17H2,(H,18,19)/b14-12+;;8-6+/t27-,29-,34+,42-;16-,21+;13-,16-/m111/s1. The number of aliphatic carboxylic acids is 1. The van der Waals surface area contributed by atoms with Crippen LogP contribution in [-0.4, -0.2) is 183 Å². The van der Waals surface area contributed by atoms with Crippen LogP contribution in [0.1, 0.15) is 210 Å². The molecule has 8 atom stereocenters. The second kappa shape index (κ2) is 35.6. The van der Waals surface area contributed by atoms with Gasteiger partial charge >= 0.3 is 18.2 Å². The number of methoxy groups -OCH3 is 2. The van der Waals surface area contributed by atoms with Crippen molar-refractivity contribution in [2.45, 2.75) is 279 Å². The molecule has 2 spiro atoms. The van der Waals surface area contributed by atoms with E-state index >= 15 is 0 Å². The Morgan fingerprint density at radius 2 is 0.991 bits per heavy atom. The van der Waals surface area contributed by atoms with Gasteiger partial charge in [-0.05, 0) is 171 Å². The van der Waals surface area contributed by atoms with Crippen LogP contribution in [0.3, 0.4) is 0 Å². The predicted molar refractivity (Wildman–Crippen MR) is 450 cm³/mol. The first-order chi connectivity index (χ1) is 55.3. The summed E-state index contributed by atoms with van der Waals surface area (Å²) in [6.07, 6.45) is 22.0. The highest BCUT2D eigenvalue weighted by Gasteiger charge is 2.64. The number of benzene rings is 2. The molecule has 4 aromatic heterocycles. The normalized spacial score (nSPS) is 25.9. The highest BCUT2D eigenvalue weighted by atomic mass is 32.2. The molecule has 6 aromatic rings. The fourth-order valence-electron chi connectivity index (χ4n) is 15.4. The van der Waals surface area contributed by atoms with Crippen LogP contribution in [0.2, 0.25) is 0 Å². The third kappa shape index (κ3) is 21.2. The molecule has 14 rings (SSSR count). The second-order valence-corrected chi connectivity index (χ2v) is 40.7. The molecule has 4 aliphatic carbocycles. The summed E-state index contributed by atoms with van der Waals surface area (Å²) in [6.45, 7) is 18.7. The number of hydrogen-bond acceptors (Lipinski definition) is 25. The van der Waals surface area contributed by atoms with Crippen LogP contribution in [0.5, 0.6) is 23.0 Å². The van der Waals surface area contributed by atoms with Crippen molar-refractivity contribution < 1.29 is 79.1 Å². The van der Waals surface area contributed by atoms with Crippen molar-refractivity contribution in [1.29, 1.82) is 0 Å². The largest absolute Gasteiger partial charge is 0.497 e. The number of pyridine rings is 2. The Labute approximate surface area is 693 Å². The first kappa shape index (κ1) is 87.4. The summed E-state index contributed by atoms with van der Waals surface area (Å²) in [5.74, 6) is -1.13. The maximum atomic E-state index is 14.5. The van der Waals surface area contributed by atoms with E-state index in [1.165, 1.54) is 38.9 Å². The highest BCUT2D eigenvalue weighted by Crippen LogP contribution is 2.52. The zero-order valence-electron chi connectivity index (χ0n) is 69.0. The van der Waals surface area contributed by atoms with Gasteiger partial charge in [-0.3, -0.25) is 33.6 Å². The molecule has 0 radical (unpaired) electrons. The van der Waals surface area contributed by atoms with Gasteiger partial charge in [0.05, 0.1) is 59.2 Å². The van der Waals surface area contributed by atoms with E-state index in [1.54, 1.807) is 61.8 Å². The van der Waals surface area contributed by atoms with Crippen molar-refractivity contribution in [2.24, 2.45) is 17.6 Å². The number of carboxylic acid groups (broad SMARTS) is 1. The first-order valence-electron chi connectivity index (χ1n) is 40.9. The van der Waals surface area contributed by atoms with Gasteiger partial charge in [-0.15, -0.1) is 22.7 Å².